The van der Waals surface area contributed by atoms with E-state index in [0.717, 1.165) is 11.1 Å². The number of anilines is 1. The van der Waals surface area contributed by atoms with Gasteiger partial charge in [0.25, 0.3) is 0 Å². The smallest absolute Gasteiger partial charge is 0.234 e. The highest BCUT2D eigenvalue weighted by Gasteiger charge is 2.18. The van der Waals surface area contributed by atoms with Crippen LogP contribution in [0.25, 0.3) is 22.6 Å². The summed E-state index contributed by atoms with van der Waals surface area (Å²) in [7, 11) is 0. The van der Waals surface area contributed by atoms with Gasteiger partial charge in [-0.25, -0.2) is 4.98 Å². The van der Waals surface area contributed by atoms with Crippen LogP contribution in [-0.2, 0) is 4.79 Å². The van der Waals surface area contributed by atoms with Crippen molar-refractivity contribution in [2.75, 3.05) is 11.1 Å². The minimum atomic E-state index is -0.260. The molecule has 4 aromatic rings. The Balaban J connectivity index is 1.64. The minimum absolute atomic E-state index is 0.0525. The van der Waals surface area contributed by atoms with Crippen LogP contribution in [0.15, 0.2) is 76.4 Å². The molecular formula is C25H17Cl2N3O2S. The van der Waals surface area contributed by atoms with E-state index in [1.54, 1.807) is 36.6 Å². The number of benzene rings is 2. The highest BCUT2D eigenvalue weighted by molar-refractivity contribution is 8.00. The quantitative estimate of drug-likeness (QED) is 0.286. The average molecular weight is 494 g/mol. The number of carbonyl (C=O) groups is 1. The lowest BCUT2D eigenvalue weighted by molar-refractivity contribution is -0.113. The van der Waals surface area contributed by atoms with Crippen molar-refractivity contribution >= 4 is 46.6 Å². The Labute approximate surface area is 205 Å². The van der Waals surface area contributed by atoms with Crippen molar-refractivity contribution in [1.82, 2.24) is 4.98 Å². The van der Waals surface area contributed by atoms with Gasteiger partial charge < -0.3 is 9.73 Å². The molecule has 1 N–H and O–H groups in total. The van der Waals surface area contributed by atoms with Crippen LogP contribution in [0.4, 0.5) is 5.69 Å². The summed E-state index contributed by atoms with van der Waals surface area (Å²) >= 11 is 13.1. The maximum Gasteiger partial charge on any atom is 0.234 e. The Morgan fingerprint density at radius 1 is 1.12 bits per heavy atom. The van der Waals surface area contributed by atoms with Gasteiger partial charge in [0.05, 0.1) is 33.3 Å². The second-order valence-electron chi connectivity index (χ2n) is 7.16. The first-order valence-electron chi connectivity index (χ1n) is 9.88. The average Bonchev–Trinajstić information content (AvgIpc) is 3.35. The molecule has 2 aromatic heterocycles. The van der Waals surface area contributed by atoms with Crippen LogP contribution in [0.5, 0.6) is 0 Å². The molecule has 0 fully saturated rings. The second-order valence-corrected chi connectivity index (χ2v) is 8.93. The van der Waals surface area contributed by atoms with Gasteiger partial charge >= 0.3 is 0 Å². The lowest BCUT2D eigenvalue weighted by Crippen LogP contribution is -2.14. The summed E-state index contributed by atoms with van der Waals surface area (Å²) < 4.78 is 5.56. The number of nitriles is 1. The van der Waals surface area contributed by atoms with Crippen molar-refractivity contribution in [1.29, 1.82) is 5.26 Å². The molecule has 5 nitrogen and oxygen atoms in total. The molecule has 0 aliphatic heterocycles. The van der Waals surface area contributed by atoms with E-state index < -0.39 is 0 Å². The molecule has 2 heterocycles. The van der Waals surface area contributed by atoms with Gasteiger partial charge in [-0.15, -0.1) is 0 Å². The zero-order chi connectivity index (χ0) is 23.4. The minimum Gasteiger partial charge on any atom is -0.464 e. The Kier molecular flexibility index (Phi) is 7.05. The van der Waals surface area contributed by atoms with E-state index in [-0.39, 0.29) is 11.7 Å². The molecular weight excluding hydrogens is 477 g/mol. The van der Waals surface area contributed by atoms with Crippen molar-refractivity contribution in [3.63, 3.8) is 0 Å². The van der Waals surface area contributed by atoms with E-state index in [1.165, 1.54) is 11.8 Å². The summed E-state index contributed by atoms with van der Waals surface area (Å²) in [5.41, 5.74) is 4.24. The van der Waals surface area contributed by atoms with Crippen LogP contribution < -0.4 is 5.32 Å². The fraction of sp³-hybridized carbons (Fsp3) is 0.0800. The van der Waals surface area contributed by atoms with Gasteiger partial charge in [0.1, 0.15) is 16.9 Å². The zero-order valence-electron chi connectivity index (χ0n) is 17.4. The van der Waals surface area contributed by atoms with E-state index in [9.17, 15) is 10.1 Å². The monoisotopic (exact) mass is 493 g/mol. The Morgan fingerprint density at radius 3 is 2.58 bits per heavy atom. The van der Waals surface area contributed by atoms with Gasteiger partial charge in [-0.05, 0) is 43.3 Å². The molecule has 8 heteroatoms. The highest BCUT2D eigenvalue weighted by atomic mass is 35.5. The Hall–Kier alpha value is -3.24. The molecule has 0 spiro atoms. The van der Waals surface area contributed by atoms with Gasteiger partial charge in [-0.3, -0.25) is 4.79 Å². The summed E-state index contributed by atoms with van der Waals surface area (Å²) in [5.74, 6) is 0.352. The highest BCUT2D eigenvalue weighted by Crippen LogP contribution is 2.34. The molecule has 33 heavy (non-hydrogen) atoms. The van der Waals surface area contributed by atoms with Crippen LogP contribution in [0.1, 0.15) is 11.1 Å². The molecule has 2 aromatic carbocycles. The number of hydrogen-bond donors (Lipinski definition) is 1. The SMILES string of the molecule is Cc1ccc(-c2cc(-c3ccco3)c(C#N)c(SCC(=O)Nc3ccc(Cl)c(Cl)c3)n2)cc1. The van der Waals surface area contributed by atoms with Crippen molar-refractivity contribution in [3.05, 3.63) is 88.1 Å². The Bertz CT molecular complexity index is 1350. The number of nitrogens with one attached hydrogen (secondary N) is 1. The molecule has 0 aliphatic rings. The lowest BCUT2D eigenvalue weighted by atomic mass is 10.0. The summed E-state index contributed by atoms with van der Waals surface area (Å²) in [5, 5.41) is 13.9. The Morgan fingerprint density at radius 2 is 1.91 bits per heavy atom. The molecule has 0 bridgehead atoms. The number of carbonyl (C=O) groups excluding carboxylic acids is 1. The van der Waals surface area contributed by atoms with Gasteiger partial charge in [0.2, 0.25) is 5.91 Å². The van der Waals surface area contributed by atoms with Crippen LogP contribution in [0.2, 0.25) is 10.0 Å². The summed E-state index contributed by atoms with van der Waals surface area (Å²) in [6.45, 7) is 2.01. The molecule has 0 unspecified atom stereocenters. The van der Waals surface area contributed by atoms with Crippen molar-refractivity contribution in [2.45, 2.75) is 11.9 Å². The summed E-state index contributed by atoms with van der Waals surface area (Å²) in [4.78, 5) is 17.2. The van der Waals surface area contributed by atoms with E-state index in [2.05, 4.69) is 11.4 Å². The number of nitrogens with zero attached hydrogens (tertiary/aromatic N) is 2. The maximum atomic E-state index is 12.6. The van der Waals surface area contributed by atoms with Crippen molar-refractivity contribution in [3.8, 4) is 28.7 Å². The summed E-state index contributed by atoms with van der Waals surface area (Å²) in [6, 6.07) is 20.4. The third-order valence-electron chi connectivity index (χ3n) is 4.78. The lowest BCUT2D eigenvalue weighted by Gasteiger charge is -2.11. The molecule has 0 radical (unpaired) electrons. The van der Waals surface area contributed by atoms with Crippen molar-refractivity contribution in [2.24, 2.45) is 0 Å². The molecule has 0 atom stereocenters. The first-order valence-corrected chi connectivity index (χ1v) is 11.6. The normalized spacial score (nSPS) is 10.6. The number of furan rings is 1. The van der Waals surface area contributed by atoms with Gasteiger partial charge in [0, 0.05) is 16.8 Å². The van der Waals surface area contributed by atoms with Crippen LogP contribution in [-0.4, -0.2) is 16.6 Å². The number of rotatable bonds is 6. The topological polar surface area (TPSA) is 78.9 Å². The fourth-order valence-electron chi connectivity index (χ4n) is 3.14. The van der Waals surface area contributed by atoms with E-state index >= 15 is 0 Å². The number of pyridine rings is 1. The molecule has 4 rings (SSSR count). The molecule has 0 saturated carbocycles. The second kappa shape index (κ2) is 10.1. The first-order chi connectivity index (χ1) is 15.9. The van der Waals surface area contributed by atoms with E-state index in [1.807, 2.05) is 37.3 Å². The first kappa shape index (κ1) is 22.9. The van der Waals surface area contributed by atoms with Crippen molar-refractivity contribution < 1.29 is 9.21 Å². The zero-order valence-corrected chi connectivity index (χ0v) is 19.8. The van der Waals surface area contributed by atoms with E-state index in [0.29, 0.717) is 43.3 Å². The number of amides is 1. The number of thioether (sulfide) groups is 1. The molecule has 0 aliphatic carbocycles. The predicted molar refractivity (Wildman–Crippen MR) is 133 cm³/mol. The third-order valence-corrected chi connectivity index (χ3v) is 6.49. The third kappa shape index (κ3) is 5.40. The standard InChI is InChI=1S/C25H17Cl2N3O2S/c1-15-4-6-16(7-5-15)22-12-18(23-3-2-10-32-23)19(13-28)25(30-22)33-14-24(31)29-17-8-9-20(26)21(27)11-17/h2-12H,14H2,1H3,(H,29,31). The van der Waals surface area contributed by atoms with Crippen LogP contribution in [0.3, 0.4) is 0 Å². The number of hydrogen-bond acceptors (Lipinski definition) is 5. The fourth-order valence-corrected chi connectivity index (χ4v) is 4.24. The number of aromatic nitrogens is 1. The predicted octanol–water partition coefficient (Wildman–Crippen LogP) is 7.23. The molecule has 164 valence electrons. The number of aryl methyl sites for hydroxylation is 1. The van der Waals surface area contributed by atoms with Gasteiger partial charge in [-0.1, -0.05) is 64.8 Å². The van der Waals surface area contributed by atoms with Crippen LogP contribution >= 0.6 is 35.0 Å². The summed E-state index contributed by atoms with van der Waals surface area (Å²) in [6.07, 6.45) is 1.56. The number of halogens is 2. The van der Waals surface area contributed by atoms with Crippen LogP contribution in [0, 0.1) is 18.3 Å². The maximum absolute atomic E-state index is 12.6. The molecule has 0 saturated heterocycles. The van der Waals surface area contributed by atoms with Gasteiger partial charge in [0.15, 0.2) is 0 Å². The van der Waals surface area contributed by atoms with E-state index in [4.69, 9.17) is 32.6 Å². The van der Waals surface area contributed by atoms with Gasteiger partial charge in [-0.2, -0.15) is 5.26 Å². The molecule has 1 amide bonds. The largest absolute Gasteiger partial charge is 0.464 e.